The lowest BCUT2D eigenvalue weighted by Crippen LogP contribution is -2.43. The van der Waals surface area contributed by atoms with E-state index in [-0.39, 0.29) is 16.8 Å². The van der Waals surface area contributed by atoms with Crippen LogP contribution in [-0.4, -0.2) is 54.6 Å². The Hall–Kier alpha value is -1.54. The number of carbonyl (C=O) groups is 1. The maximum Gasteiger partial charge on any atom is 0.417 e. The van der Waals surface area contributed by atoms with Gasteiger partial charge in [0.05, 0.1) is 10.6 Å². The summed E-state index contributed by atoms with van der Waals surface area (Å²) in [6.45, 7) is 9.77. The first-order chi connectivity index (χ1) is 13.1. The van der Waals surface area contributed by atoms with Crippen molar-refractivity contribution in [1.29, 1.82) is 0 Å². The Bertz CT molecular complexity index is 661. The van der Waals surface area contributed by atoms with Crippen LogP contribution in [0.5, 0.6) is 0 Å². The van der Waals surface area contributed by atoms with Crippen molar-refractivity contribution in [1.82, 2.24) is 15.2 Å². The number of carbonyl (C=O) groups excluding carboxylic acids is 1. The number of aromatic nitrogens is 1. The predicted octanol–water partition coefficient (Wildman–Crippen LogP) is 3.82. The molecule has 1 saturated heterocycles. The number of anilines is 1. The minimum atomic E-state index is -4.47. The maximum atomic E-state index is 12.7. The summed E-state index contributed by atoms with van der Waals surface area (Å²) >= 11 is 6.02. The van der Waals surface area contributed by atoms with Gasteiger partial charge in [-0.2, -0.15) is 13.2 Å². The van der Waals surface area contributed by atoms with E-state index in [1.54, 1.807) is 0 Å². The summed E-state index contributed by atoms with van der Waals surface area (Å²) in [6.07, 6.45) is -2.43. The van der Waals surface area contributed by atoms with Gasteiger partial charge in [0, 0.05) is 44.3 Å². The number of amides is 1. The topological polar surface area (TPSA) is 48.5 Å². The van der Waals surface area contributed by atoms with Gasteiger partial charge in [0.15, 0.2) is 0 Å². The molecule has 0 radical (unpaired) electrons. The molecule has 0 atom stereocenters. The molecule has 1 aliphatic heterocycles. The third-order valence-electron chi connectivity index (χ3n) is 5.15. The lowest BCUT2D eigenvalue weighted by Gasteiger charge is -2.33. The first-order valence-corrected chi connectivity index (χ1v) is 10.0. The van der Waals surface area contributed by atoms with Gasteiger partial charge in [0.2, 0.25) is 5.91 Å². The second-order valence-electron chi connectivity index (χ2n) is 7.30. The molecule has 0 aliphatic carbocycles. The van der Waals surface area contributed by atoms with Crippen molar-refractivity contribution < 1.29 is 18.0 Å². The smallest absolute Gasteiger partial charge is 0.355 e. The highest BCUT2D eigenvalue weighted by atomic mass is 35.5. The first-order valence-electron chi connectivity index (χ1n) is 9.63. The molecule has 2 heterocycles. The number of rotatable bonds is 7. The van der Waals surface area contributed by atoms with Gasteiger partial charge in [-0.3, -0.25) is 9.69 Å². The maximum absolute atomic E-state index is 12.7. The Morgan fingerprint density at radius 2 is 2.04 bits per heavy atom. The molecule has 1 aliphatic rings. The quantitative estimate of drug-likeness (QED) is 0.728. The molecule has 0 unspecified atom stereocenters. The monoisotopic (exact) mass is 420 g/mol. The molecule has 1 aromatic heterocycles. The molecule has 1 N–H and O–H groups in total. The van der Waals surface area contributed by atoms with E-state index in [1.807, 2.05) is 4.90 Å². The third-order valence-corrected chi connectivity index (χ3v) is 5.43. The number of hydrogen-bond donors (Lipinski definition) is 1. The van der Waals surface area contributed by atoms with Crippen LogP contribution in [0.4, 0.5) is 19.0 Å². The van der Waals surface area contributed by atoms with Crippen LogP contribution in [0.15, 0.2) is 12.3 Å². The van der Waals surface area contributed by atoms with Gasteiger partial charge in [0.25, 0.3) is 0 Å². The number of halogens is 4. The Kier molecular flexibility index (Phi) is 7.95. The summed E-state index contributed by atoms with van der Waals surface area (Å²) in [7, 11) is 0. The molecule has 2 rings (SSSR count). The molecule has 5 nitrogen and oxygen atoms in total. The average molecular weight is 421 g/mol. The van der Waals surface area contributed by atoms with Crippen LogP contribution in [0.25, 0.3) is 0 Å². The van der Waals surface area contributed by atoms with Gasteiger partial charge in [-0.25, -0.2) is 4.98 Å². The minimum Gasteiger partial charge on any atom is -0.355 e. The van der Waals surface area contributed by atoms with Crippen molar-refractivity contribution in [3.05, 3.63) is 22.8 Å². The molecule has 158 valence electrons. The Balaban J connectivity index is 1.85. The summed E-state index contributed by atoms with van der Waals surface area (Å²) in [5.41, 5.74) is -0.863. The van der Waals surface area contributed by atoms with E-state index in [9.17, 15) is 18.0 Å². The van der Waals surface area contributed by atoms with Crippen LogP contribution in [0.1, 0.15) is 39.2 Å². The highest BCUT2D eigenvalue weighted by molar-refractivity contribution is 6.33. The highest BCUT2D eigenvalue weighted by Crippen LogP contribution is 2.34. The summed E-state index contributed by atoms with van der Waals surface area (Å²) in [4.78, 5) is 20.4. The van der Waals surface area contributed by atoms with Crippen LogP contribution in [-0.2, 0) is 11.0 Å². The Morgan fingerprint density at radius 3 is 2.54 bits per heavy atom. The molecule has 0 saturated carbocycles. The van der Waals surface area contributed by atoms with Crippen molar-refractivity contribution >= 4 is 23.3 Å². The standard InChI is InChI=1S/C19H28ClF3N4O/c1-4-26(13(2)3)10-7-24-18(28)14-5-8-27(9-6-14)17-16(20)11-15(12-25-17)19(21,22)23/h11-14H,4-10H2,1-3H3,(H,24,28). The van der Waals surface area contributed by atoms with E-state index in [0.717, 1.165) is 25.4 Å². The van der Waals surface area contributed by atoms with Gasteiger partial charge >= 0.3 is 6.18 Å². The Morgan fingerprint density at radius 1 is 1.39 bits per heavy atom. The third kappa shape index (κ3) is 5.98. The van der Waals surface area contributed by atoms with Crippen LogP contribution >= 0.6 is 11.6 Å². The zero-order chi connectivity index (χ0) is 20.9. The number of hydrogen-bond acceptors (Lipinski definition) is 4. The van der Waals surface area contributed by atoms with E-state index in [4.69, 9.17) is 11.6 Å². The Labute approximate surface area is 169 Å². The van der Waals surface area contributed by atoms with E-state index >= 15 is 0 Å². The van der Waals surface area contributed by atoms with Crippen LogP contribution < -0.4 is 10.2 Å². The van der Waals surface area contributed by atoms with Crippen LogP contribution in [0.3, 0.4) is 0 Å². The van der Waals surface area contributed by atoms with E-state index in [1.165, 1.54) is 0 Å². The molecule has 1 fully saturated rings. The fourth-order valence-electron chi connectivity index (χ4n) is 3.42. The number of nitrogens with zero attached hydrogens (tertiary/aromatic N) is 3. The molecule has 0 spiro atoms. The summed E-state index contributed by atoms with van der Waals surface area (Å²) in [6, 6.07) is 1.34. The number of alkyl halides is 3. The summed E-state index contributed by atoms with van der Waals surface area (Å²) in [5, 5.41) is 2.97. The zero-order valence-electron chi connectivity index (χ0n) is 16.5. The second kappa shape index (κ2) is 9.78. The van der Waals surface area contributed by atoms with E-state index in [0.29, 0.717) is 44.3 Å². The zero-order valence-corrected chi connectivity index (χ0v) is 17.3. The number of pyridine rings is 1. The lowest BCUT2D eigenvalue weighted by molar-refractivity contribution is -0.137. The van der Waals surface area contributed by atoms with Crippen molar-refractivity contribution in [2.45, 2.75) is 45.8 Å². The SMILES string of the molecule is CCN(CCNC(=O)C1CCN(c2ncc(C(F)(F)F)cc2Cl)CC1)C(C)C. The fourth-order valence-corrected chi connectivity index (χ4v) is 3.71. The first kappa shape index (κ1) is 22.7. The fraction of sp³-hybridized carbons (Fsp3) is 0.684. The molecular formula is C19H28ClF3N4O. The average Bonchev–Trinajstić information content (AvgIpc) is 2.64. The van der Waals surface area contributed by atoms with Gasteiger partial charge < -0.3 is 10.2 Å². The van der Waals surface area contributed by atoms with Gasteiger partial charge in [-0.15, -0.1) is 0 Å². The molecule has 28 heavy (non-hydrogen) atoms. The van der Waals surface area contributed by atoms with Gasteiger partial charge in [-0.1, -0.05) is 18.5 Å². The van der Waals surface area contributed by atoms with Crippen molar-refractivity contribution in [2.24, 2.45) is 5.92 Å². The van der Waals surface area contributed by atoms with Crippen molar-refractivity contribution in [3.8, 4) is 0 Å². The summed E-state index contributed by atoms with van der Waals surface area (Å²) < 4.78 is 38.2. The van der Waals surface area contributed by atoms with Crippen molar-refractivity contribution in [2.75, 3.05) is 37.6 Å². The van der Waals surface area contributed by atoms with Gasteiger partial charge in [0.1, 0.15) is 5.82 Å². The van der Waals surface area contributed by atoms with Crippen LogP contribution in [0, 0.1) is 5.92 Å². The number of nitrogens with one attached hydrogen (secondary N) is 1. The van der Waals surface area contributed by atoms with Crippen LogP contribution in [0.2, 0.25) is 5.02 Å². The largest absolute Gasteiger partial charge is 0.417 e. The molecule has 0 aromatic carbocycles. The molecular weight excluding hydrogens is 393 g/mol. The predicted molar refractivity (Wildman–Crippen MR) is 105 cm³/mol. The molecule has 1 aromatic rings. The van der Waals surface area contributed by atoms with Gasteiger partial charge in [-0.05, 0) is 39.3 Å². The highest BCUT2D eigenvalue weighted by Gasteiger charge is 2.33. The molecule has 1 amide bonds. The minimum absolute atomic E-state index is 0.0222. The lowest BCUT2D eigenvalue weighted by atomic mass is 9.96. The molecule has 9 heteroatoms. The summed E-state index contributed by atoms with van der Waals surface area (Å²) in [5.74, 6) is 0.272. The molecule has 0 bridgehead atoms. The van der Waals surface area contributed by atoms with Crippen molar-refractivity contribution in [3.63, 3.8) is 0 Å². The van der Waals surface area contributed by atoms with E-state index in [2.05, 4.69) is 36.0 Å². The number of likely N-dealkylation sites (N-methyl/N-ethyl adjacent to an activating group) is 1. The normalized spacial score (nSPS) is 16.1. The number of piperidine rings is 1. The van der Waals surface area contributed by atoms with E-state index < -0.39 is 11.7 Å². The second-order valence-corrected chi connectivity index (χ2v) is 7.71.